The van der Waals surface area contributed by atoms with E-state index in [1.807, 2.05) is 4.90 Å². The number of azo groups is 2. The van der Waals surface area contributed by atoms with E-state index >= 15 is 0 Å². The lowest BCUT2D eigenvalue weighted by atomic mass is 10.1. The van der Waals surface area contributed by atoms with E-state index in [4.69, 9.17) is 54.8 Å². The highest BCUT2D eigenvalue weighted by Crippen LogP contribution is 2.48. The molecule has 2 aromatic heterocycles. The summed E-state index contributed by atoms with van der Waals surface area (Å²) in [5.74, 6) is -1.10. The maximum atomic E-state index is 12.7. The van der Waals surface area contributed by atoms with Gasteiger partial charge in [-0.05, 0) is 101 Å². The van der Waals surface area contributed by atoms with E-state index in [0.717, 1.165) is 18.2 Å². The third-order valence-corrected chi connectivity index (χ3v) is 17.0. The maximum Gasteiger partial charge on any atom is 0.296 e. The van der Waals surface area contributed by atoms with Crippen molar-refractivity contribution in [2.75, 3.05) is 71.6 Å². The van der Waals surface area contributed by atoms with Gasteiger partial charge in [-0.1, -0.05) is 15.1 Å². The number of hydrogen-bond donors (Lipinski definition) is 13. The van der Waals surface area contributed by atoms with Gasteiger partial charge in [-0.2, -0.15) is 55.2 Å². The van der Waals surface area contributed by atoms with E-state index in [0.29, 0.717) is 92.1 Å². The van der Waals surface area contributed by atoms with Crippen LogP contribution in [0.2, 0.25) is 10.6 Å². The fourth-order valence-electron chi connectivity index (χ4n) is 8.38. The van der Waals surface area contributed by atoms with Crippen LogP contribution >= 0.6 is 59.3 Å². The van der Waals surface area contributed by atoms with Crippen molar-refractivity contribution in [1.82, 2.24) is 34.8 Å². The van der Waals surface area contributed by atoms with Crippen LogP contribution in [0.5, 0.6) is 11.5 Å². The van der Waals surface area contributed by atoms with Crippen molar-refractivity contribution in [1.29, 1.82) is 0 Å². The molecule has 1 aliphatic heterocycles. The first kappa shape index (κ1) is 65.9. The normalized spacial score (nSPS) is 13.6. The lowest BCUT2D eigenvalue weighted by Gasteiger charge is -2.34. The number of aromatic hydroxyl groups is 2. The number of phenolic OH excluding ortho intramolecular Hbond substituents is 2. The van der Waals surface area contributed by atoms with Crippen LogP contribution in [0.15, 0.2) is 123 Å². The second kappa shape index (κ2) is 28.1. The van der Waals surface area contributed by atoms with E-state index < -0.39 is 78.6 Å². The molecule has 0 amide bonds. The van der Waals surface area contributed by atoms with Gasteiger partial charge in [0.15, 0.2) is 0 Å². The Morgan fingerprint density at radius 1 is 0.562 bits per heavy atom. The van der Waals surface area contributed by atoms with Gasteiger partial charge >= 0.3 is 0 Å². The molecule has 89 heavy (non-hydrogen) atoms. The van der Waals surface area contributed by atoms with Gasteiger partial charge in [0.1, 0.15) is 44.0 Å². The number of fused-ring (bicyclic) bond motifs is 2. The molecule has 9 rings (SSSR count). The van der Waals surface area contributed by atoms with Crippen molar-refractivity contribution in [3.63, 3.8) is 0 Å². The Hall–Kier alpha value is -7.58. The number of aromatic nitrogens is 6. The van der Waals surface area contributed by atoms with Crippen LogP contribution in [-0.4, -0.2) is 139 Å². The van der Waals surface area contributed by atoms with Gasteiger partial charge in [0.2, 0.25) is 34.4 Å². The molecule has 1 saturated heterocycles. The quantitative estimate of drug-likeness (QED) is 0.00634. The Morgan fingerprint density at radius 3 is 1.75 bits per heavy atom. The molecular formula is C44H39Cl2N17O20S6. The van der Waals surface area contributed by atoms with Crippen LogP contribution in [0.3, 0.4) is 0 Å². The molecule has 0 saturated carbocycles. The summed E-state index contributed by atoms with van der Waals surface area (Å²) in [5.41, 5.74) is 10.7. The average molecular weight is 1390 g/mol. The molecule has 0 bridgehead atoms. The summed E-state index contributed by atoms with van der Waals surface area (Å²) in [4.78, 5) is 27.4. The first-order valence-electron chi connectivity index (χ1n) is 24.0. The largest absolute Gasteiger partial charge is 0.507 e. The van der Waals surface area contributed by atoms with Gasteiger partial charge in [0.25, 0.3) is 30.4 Å². The van der Waals surface area contributed by atoms with Crippen molar-refractivity contribution in [2.45, 2.75) is 29.4 Å². The number of rotatable bonds is 25. The molecule has 37 nitrogen and oxygen atoms in total. The van der Waals surface area contributed by atoms with Crippen molar-refractivity contribution < 1.29 is 93.0 Å². The minimum Gasteiger partial charge on any atom is -0.507 e. The molecule has 6 aromatic carbocycles. The number of nitrogens with zero attached hydrogens (tertiary/aromatic N) is 12. The number of hydrogen-bond acceptors (Lipinski definition) is 37. The minimum absolute atomic E-state index is 0.00944. The van der Waals surface area contributed by atoms with E-state index in [1.165, 1.54) is 36.4 Å². The first-order chi connectivity index (χ1) is 42.3. The molecule has 0 radical (unpaired) electrons. The molecule has 3 heterocycles. The summed E-state index contributed by atoms with van der Waals surface area (Å²) in [7, 11) is -15.2. The smallest absolute Gasteiger partial charge is 0.296 e. The molecule has 0 unspecified atom stereocenters. The highest BCUT2D eigenvalue weighted by molar-refractivity contribution is 7.95. The van der Waals surface area contributed by atoms with Crippen LogP contribution in [0.25, 0.3) is 21.5 Å². The zero-order chi connectivity index (χ0) is 64.0. The van der Waals surface area contributed by atoms with Crippen molar-refractivity contribution in [3.05, 3.63) is 83.4 Å². The van der Waals surface area contributed by atoms with Gasteiger partial charge < -0.3 is 42.5 Å². The van der Waals surface area contributed by atoms with Crippen LogP contribution < -0.4 is 32.3 Å². The topological polar surface area (TPSA) is 541 Å². The predicted octanol–water partition coefficient (Wildman–Crippen LogP) is 8.82. The minimum atomic E-state index is -5.15. The molecule has 15 N–H and O–H groups in total. The van der Waals surface area contributed by atoms with E-state index in [1.54, 1.807) is 6.07 Å². The summed E-state index contributed by atoms with van der Waals surface area (Å²) in [6, 6.07) is 14.1. The lowest BCUT2D eigenvalue weighted by Crippen LogP contribution is -2.48. The average Bonchev–Trinajstić information content (AvgIpc) is 0.901. The summed E-state index contributed by atoms with van der Waals surface area (Å²) >= 11 is 14.2. The molecule has 8 aromatic rings. The summed E-state index contributed by atoms with van der Waals surface area (Å²) in [6.07, 6.45) is 0. The van der Waals surface area contributed by atoms with Crippen molar-refractivity contribution in [3.8, 4) is 11.5 Å². The zero-order valence-corrected chi connectivity index (χ0v) is 50.3. The molecular weight excluding hydrogens is 1350 g/mol. The Labute approximate surface area is 521 Å². The molecule has 45 heteroatoms. The SMILES string of the molecule is Nc1c(SOOO)cc2cc(SOOO)cc(O)c2c1N=Nc1ccc(Nc2nc(Cl)nc(N3CCN(CCNc4nc(Cl)nc(Nc5ccc(N=Nc6c(N)c(S(=O)(=O)O)cc7cc(S(=O)(=O)O)cc(O)c67)c(S(=O)(=O)O)c5)n4)CC3)n2)cc1SOOO. The number of nitrogen functional groups attached to an aromatic ring is 2. The van der Waals surface area contributed by atoms with E-state index in [9.17, 15) is 49.1 Å². The zero-order valence-electron chi connectivity index (χ0n) is 43.9. The van der Waals surface area contributed by atoms with Crippen LogP contribution in [0.1, 0.15) is 0 Å². The van der Waals surface area contributed by atoms with Gasteiger partial charge in [0.05, 0.1) is 73.0 Å². The number of nitrogens with two attached hydrogens (primary N) is 2. The molecule has 0 aliphatic carbocycles. The fourth-order valence-corrected chi connectivity index (χ4v) is 11.9. The molecule has 0 spiro atoms. The second-order valence-corrected chi connectivity index (χ2v) is 24.8. The van der Waals surface area contributed by atoms with Crippen LogP contribution in [-0.2, 0) is 58.5 Å². The summed E-state index contributed by atoms with van der Waals surface area (Å²) < 4.78 is 117. The maximum absolute atomic E-state index is 12.7. The monoisotopic (exact) mass is 1390 g/mol. The standard InChI is InChI=1S/C44H39Cl2N17O20S6/c45-39-52-41(56-42(53-39)51-22-2-4-26(31(16-22)88(72,73)74)59-61-38-34-20(14-32(36(38)48)89(75,76)77)12-24(18-28(34)65)87(69,70)71)49-5-6-62-7-9-63(10-8-62)44-55-40(46)54-43(57-44)50-21-1-3-25(29(15-21)85-82-79-67)58-60-37-33-19(13-30(35(37)47)86-83-80-68)11-23(17-27(33)64)84-81-78-66/h1-4,11-18,64-68H,5-10,47-48H2,(H,69,70,71)(H,72,73,74)(H,75,76,77)(H,50,54,55,57)(H2,49,51,52,53,56). The highest BCUT2D eigenvalue weighted by Gasteiger charge is 2.27. The van der Waals surface area contributed by atoms with Crippen LogP contribution in [0.4, 0.5) is 69.3 Å². The summed E-state index contributed by atoms with van der Waals surface area (Å²) in [5, 5.41) is 83.7. The molecule has 0 atom stereocenters. The Bertz CT molecular complexity index is 4460. The lowest BCUT2D eigenvalue weighted by molar-refractivity contribution is -0.432. The second-order valence-electron chi connectivity index (χ2n) is 17.7. The number of nitrogens with one attached hydrogen (secondary N) is 3. The van der Waals surface area contributed by atoms with Gasteiger partial charge in [-0.25, -0.2) is 15.8 Å². The highest BCUT2D eigenvalue weighted by atomic mass is 35.5. The number of halogens is 2. The van der Waals surface area contributed by atoms with Gasteiger partial charge in [-0.15, -0.1) is 33.5 Å². The molecule has 1 aliphatic rings. The van der Waals surface area contributed by atoms with Crippen LogP contribution in [0, 0.1) is 0 Å². The first-order valence-corrected chi connectivity index (χ1v) is 31.3. The van der Waals surface area contributed by atoms with Gasteiger partial charge in [-0.3, -0.25) is 18.6 Å². The third kappa shape index (κ3) is 16.3. The van der Waals surface area contributed by atoms with Crippen molar-refractivity contribution >= 4 is 181 Å². The molecule has 1 fully saturated rings. The number of piperazine rings is 1. The van der Waals surface area contributed by atoms with Crippen molar-refractivity contribution in [2.24, 2.45) is 20.5 Å². The van der Waals surface area contributed by atoms with E-state index in [-0.39, 0.29) is 89.5 Å². The fraction of sp³-hybridized carbons (Fsp3) is 0.136. The molecule has 470 valence electrons. The number of anilines is 8. The third-order valence-electron chi connectivity index (χ3n) is 12.2. The predicted molar refractivity (Wildman–Crippen MR) is 316 cm³/mol. The van der Waals surface area contributed by atoms with Gasteiger partial charge in [0, 0.05) is 61.6 Å². The Kier molecular flexibility index (Phi) is 20.8. The number of benzene rings is 6. The Morgan fingerprint density at radius 2 is 1.11 bits per heavy atom. The summed E-state index contributed by atoms with van der Waals surface area (Å²) in [6.45, 7) is 2.70. The number of phenols is 2. The van der Waals surface area contributed by atoms with E-state index in [2.05, 4.69) is 95.0 Å². The Balaban J connectivity index is 0.837.